The minimum absolute atomic E-state index is 0.0823. The Kier molecular flexibility index (Phi) is 11.9. The summed E-state index contributed by atoms with van der Waals surface area (Å²) in [7, 11) is 0. The van der Waals surface area contributed by atoms with Crippen LogP contribution in [0.15, 0.2) is 325 Å². The molecule has 0 N–H and O–H groups in total. The van der Waals surface area contributed by atoms with Crippen LogP contribution in [0.5, 0.6) is 11.5 Å². The van der Waals surface area contributed by atoms with Gasteiger partial charge in [-0.1, -0.05) is 224 Å². The number of para-hydroxylation sites is 8. The molecule has 0 bridgehead atoms. The molecule has 406 valence electrons. The quantitative estimate of drug-likeness (QED) is 0.135. The number of fused-ring (bicyclic) bond motifs is 8. The van der Waals surface area contributed by atoms with Crippen molar-refractivity contribution < 1.29 is 4.74 Å². The number of rotatable bonds is 10. The van der Waals surface area contributed by atoms with Crippen LogP contribution in [0.25, 0.3) is 22.3 Å². The first-order valence-corrected chi connectivity index (χ1v) is 30.3. The van der Waals surface area contributed by atoms with E-state index in [0.29, 0.717) is 0 Å². The van der Waals surface area contributed by atoms with Crippen LogP contribution in [0.2, 0.25) is 0 Å². The summed E-state index contributed by atoms with van der Waals surface area (Å²) in [5, 5.41) is 0. The Balaban J connectivity index is 0.947. The normalized spacial score (nSPS) is 14.5. The Bertz CT molecular complexity index is 4690. The number of anilines is 12. The molecule has 4 heterocycles. The van der Waals surface area contributed by atoms with Crippen LogP contribution in [0, 0.1) is 0 Å². The van der Waals surface area contributed by atoms with E-state index in [9.17, 15) is 0 Å². The first kappa shape index (κ1) is 49.8. The molecule has 86 heavy (non-hydrogen) atoms. The molecule has 0 aromatic heterocycles. The molecule has 4 aliphatic heterocycles. The molecule has 0 radical (unpaired) electrons. The molecule has 0 spiro atoms. The maximum Gasteiger partial charge on any atom is 0.135 e. The van der Waals surface area contributed by atoms with Crippen LogP contribution < -0.4 is 24.3 Å². The van der Waals surface area contributed by atoms with Crippen LogP contribution in [0.4, 0.5) is 68.2 Å². The molecule has 4 aliphatic rings. The first-order valence-electron chi connectivity index (χ1n) is 29.5. The summed E-state index contributed by atoms with van der Waals surface area (Å²) in [6, 6.07) is 115. The van der Waals surface area contributed by atoms with E-state index in [4.69, 9.17) is 4.74 Å². The monoisotopic (exact) mass is 1120 g/mol. The zero-order valence-corrected chi connectivity index (χ0v) is 47.6. The van der Waals surface area contributed by atoms with Gasteiger partial charge in [-0.15, -0.1) is 0 Å². The molecule has 13 aromatic carbocycles. The van der Waals surface area contributed by atoms with E-state index in [1.54, 1.807) is 0 Å². The lowest BCUT2D eigenvalue weighted by atomic mass is 9.74. The fourth-order valence-corrected chi connectivity index (χ4v) is 15.1. The van der Waals surface area contributed by atoms with Crippen molar-refractivity contribution >= 4 is 80.0 Å². The summed E-state index contributed by atoms with van der Waals surface area (Å²) in [6.07, 6.45) is 0. The van der Waals surface area contributed by atoms with Gasteiger partial charge in [0.05, 0.1) is 39.8 Å². The third-order valence-electron chi connectivity index (χ3n) is 17.5. The van der Waals surface area contributed by atoms with E-state index < -0.39 is 0 Å². The van der Waals surface area contributed by atoms with Crippen molar-refractivity contribution in [2.75, 3.05) is 19.6 Å². The van der Waals surface area contributed by atoms with Gasteiger partial charge in [0.25, 0.3) is 0 Å². The largest absolute Gasteiger partial charge is 0.457 e. The minimum Gasteiger partial charge on any atom is -0.457 e. The minimum atomic E-state index is -0.167. The Labute approximate surface area is 505 Å². The van der Waals surface area contributed by atoms with Gasteiger partial charge in [-0.25, -0.2) is 0 Å². The molecule has 0 saturated heterocycles. The highest BCUT2D eigenvalue weighted by Crippen LogP contribution is 2.66. The average Bonchev–Trinajstić information content (AvgIpc) is 0.773. The Morgan fingerprint density at radius 1 is 0.291 bits per heavy atom. The van der Waals surface area contributed by atoms with Gasteiger partial charge >= 0.3 is 0 Å². The number of ether oxygens (including phenoxy) is 1. The summed E-state index contributed by atoms with van der Waals surface area (Å²) in [5.41, 5.74) is 25.1. The fourth-order valence-electron chi connectivity index (χ4n) is 13.9. The van der Waals surface area contributed by atoms with Gasteiger partial charge in [-0.05, 0) is 125 Å². The fraction of sp³-hybridized carbons (Fsp3) is 0.0250. The highest BCUT2D eigenvalue weighted by atomic mass is 32.2. The van der Waals surface area contributed by atoms with E-state index in [0.717, 1.165) is 102 Å². The lowest BCUT2D eigenvalue weighted by Crippen LogP contribution is -2.28. The zero-order chi connectivity index (χ0) is 56.7. The molecule has 2 unspecified atom stereocenters. The van der Waals surface area contributed by atoms with Crippen molar-refractivity contribution in [3.05, 3.63) is 349 Å². The molecule has 0 amide bonds. The SMILES string of the molecule is c1ccc(-c2ccccc2N(c2ccccc2)c2cc3c4c(c2)N(c2ccccc2-c2ccccc2)c2cc5c(cc2C4c2ccccc2O3)C2c3ccccc3N(c3ccccc3)c3cc(N(c4ccccc4)c4ccccc4)cc(c32)S5)cc1. The van der Waals surface area contributed by atoms with Crippen molar-refractivity contribution in [1.82, 2.24) is 0 Å². The first-order chi connectivity index (χ1) is 42.7. The van der Waals surface area contributed by atoms with E-state index >= 15 is 0 Å². The second kappa shape index (κ2) is 20.5. The second-order valence-corrected chi connectivity index (χ2v) is 23.4. The van der Waals surface area contributed by atoms with Gasteiger partial charge < -0.3 is 24.3 Å². The smallest absolute Gasteiger partial charge is 0.135 e. The number of hydrogen-bond acceptors (Lipinski definition) is 6. The molecule has 0 fully saturated rings. The summed E-state index contributed by atoms with van der Waals surface area (Å²) in [4.78, 5) is 12.3. The van der Waals surface area contributed by atoms with Gasteiger partial charge in [0, 0.05) is 83.9 Å². The molecule has 6 heteroatoms. The maximum atomic E-state index is 7.37. The average molecular weight is 1120 g/mol. The Morgan fingerprint density at radius 2 is 0.791 bits per heavy atom. The van der Waals surface area contributed by atoms with Gasteiger partial charge in [0.15, 0.2) is 0 Å². The van der Waals surface area contributed by atoms with E-state index in [-0.39, 0.29) is 11.8 Å². The molecular formula is C80H54N4OS. The standard InChI is InChI=1S/C80H54N4OS/c1-7-27-53(28-8-1)61-39-19-23-43-67(61)82(57-35-15-5-16-36-57)59-47-71-79-74(49-59)85-73-46-26-22-42-64(73)78(79)65-51-66-75(52-70(65)84(71)68-44-24-20-40-62(68)54-29-9-2-10-30-54)86-76-50-60(81(55-31-11-3-12-32-55)56-33-13-4-14-34-56)48-72-80(76)77(66)63-41-21-25-45-69(63)83(72)58-37-17-6-18-38-58/h1-52,77-78H. The van der Waals surface area contributed by atoms with Crippen molar-refractivity contribution in [1.29, 1.82) is 0 Å². The second-order valence-electron chi connectivity index (χ2n) is 22.3. The van der Waals surface area contributed by atoms with Crippen molar-refractivity contribution in [3.8, 4) is 33.8 Å². The summed E-state index contributed by atoms with van der Waals surface area (Å²) in [5.74, 6) is 1.45. The van der Waals surface area contributed by atoms with Crippen molar-refractivity contribution in [3.63, 3.8) is 0 Å². The highest BCUT2D eigenvalue weighted by Gasteiger charge is 2.45. The van der Waals surface area contributed by atoms with Crippen molar-refractivity contribution in [2.24, 2.45) is 0 Å². The van der Waals surface area contributed by atoms with Gasteiger partial charge in [-0.3, -0.25) is 0 Å². The Hall–Kier alpha value is -10.8. The summed E-state index contributed by atoms with van der Waals surface area (Å²) < 4.78 is 7.37. The molecule has 0 aliphatic carbocycles. The summed E-state index contributed by atoms with van der Waals surface area (Å²) in [6.45, 7) is 0. The van der Waals surface area contributed by atoms with Crippen LogP contribution >= 0.6 is 11.8 Å². The number of nitrogens with zero attached hydrogens (tertiary/aromatic N) is 4. The van der Waals surface area contributed by atoms with Gasteiger partial charge in [-0.2, -0.15) is 0 Å². The van der Waals surface area contributed by atoms with Crippen molar-refractivity contribution in [2.45, 2.75) is 21.6 Å². The molecular weight excluding hydrogens is 1060 g/mol. The number of hydrogen-bond donors (Lipinski definition) is 0. The van der Waals surface area contributed by atoms with Gasteiger partial charge in [0.2, 0.25) is 0 Å². The zero-order valence-electron chi connectivity index (χ0n) is 46.8. The Morgan fingerprint density at radius 3 is 1.47 bits per heavy atom. The lowest BCUT2D eigenvalue weighted by molar-refractivity contribution is 0.452. The van der Waals surface area contributed by atoms with Crippen LogP contribution in [0.3, 0.4) is 0 Å². The van der Waals surface area contributed by atoms with Crippen LogP contribution in [-0.4, -0.2) is 0 Å². The van der Waals surface area contributed by atoms with E-state index in [2.05, 4.69) is 335 Å². The molecule has 2 atom stereocenters. The number of benzene rings is 13. The van der Waals surface area contributed by atoms with E-state index in [1.165, 1.54) is 43.4 Å². The molecule has 17 rings (SSSR count). The van der Waals surface area contributed by atoms with E-state index in [1.807, 2.05) is 11.8 Å². The third-order valence-corrected chi connectivity index (χ3v) is 18.6. The lowest BCUT2D eigenvalue weighted by Gasteiger charge is -2.45. The van der Waals surface area contributed by atoms with Crippen LogP contribution in [0.1, 0.15) is 45.2 Å². The summed E-state index contributed by atoms with van der Waals surface area (Å²) >= 11 is 1.90. The predicted octanol–water partition coefficient (Wildman–Crippen LogP) is 22.5. The van der Waals surface area contributed by atoms with Crippen LogP contribution in [-0.2, 0) is 0 Å². The molecule has 0 saturated carbocycles. The highest BCUT2D eigenvalue weighted by molar-refractivity contribution is 7.99. The topological polar surface area (TPSA) is 22.2 Å². The molecule has 5 nitrogen and oxygen atoms in total. The molecule has 13 aromatic rings. The third kappa shape index (κ3) is 8.09. The van der Waals surface area contributed by atoms with Gasteiger partial charge in [0.1, 0.15) is 11.5 Å². The predicted molar refractivity (Wildman–Crippen MR) is 355 cm³/mol. The maximum absolute atomic E-state index is 7.37.